The van der Waals surface area contributed by atoms with Gasteiger partial charge in [-0.25, -0.2) is 0 Å². The molecule has 2 heterocycles. The van der Waals surface area contributed by atoms with Crippen molar-refractivity contribution in [2.24, 2.45) is 13.0 Å². The number of anilines is 1. The smallest absolute Gasteiger partial charge is 0.329 e. The van der Waals surface area contributed by atoms with Crippen LogP contribution in [-0.2, 0) is 45.1 Å². The van der Waals surface area contributed by atoms with E-state index in [1.54, 1.807) is 0 Å². The van der Waals surface area contributed by atoms with Gasteiger partial charge in [-0.15, -0.1) is 5.10 Å². The fourth-order valence-corrected chi connectivity index (χ4v) is 5.09. The Morgan fingerprint density at radius 1 is 0.837 bits per heavy atom. The van der Waals surface area contributed by atoms with Crippen molar-refractivity contribution in [3.05, 3.63) is 64.0 Å². The zero-order valence-corrected chi connectivity index (χ0v) is 23.1. The highest BCUT2D eigenvalue weighted by Gasteiger charge is 2.37. The van der Waals surface area contributed by atoms with E-state index in [0.717, 1.165) is 43.1 Å². The first-order valence-corrected chi connectivity index (χ1v) is 13.6. The van der Waals surface area contributed by atoms with Crippen molar-refractivity contribution in [1.29, 1.82) is 0 Å². The summed E-state index contributed by atoms with van der Waals surface area (Å²) in [5.74, 6) is 0.313. The molecule has 1 fully saturated rings. The van der Waals surface area contributed by atoms with Crippen molar-refractivity contribution >= 4 is 5.95 Å². The Balaban J connectivity index is 1.65. The number of halogens is 9. The van der Waals surface area contributed by atoms with Crippen LogP contribution in [0.4, 0.5) is 45.5 Å². The summed E-state index contributed by atoms with van der Waals surface area (Å²) in [5.41, 5.74) is -4.12. The van der Waals surface area contributed by atoms with E-state index in [-0.39, 0.29) is 29.7 Å². The summed E-state index contributed by atoms with van der Waals surface area (Å²) in [6.07, 6.45) is -8.24. The molecule has 0 saturated heterocycles. The first-order chi connectivity index (χ1) is 20.1. The van der Waals surface area contributed by atoms with E-state index in [9.17, 15) is 39.5 Å². The molecule has 1 aliphatic rings. The lowest BCUT2D eigenvalue weighted by molar-refractivity contribution is -0.143. The topological polar surface area (TPSA) is 71.8 Å². The molecule has 2 aromatic heterocycles. The third kappa shape index (κ3) is 9.03. The van der Waals surface area contributed by atoms with E-state index in [0.29, 0.717) is 30.8 Å². The number of hydrogen-bond acceptors (Lipinski definition) is 6. The monoisotopic (exact) mass is 623 g/mol. The van der Waals surface area contributed by atoms with Crippen LogP contribution in [0.3, 0.4) is 0 Å². The lowest BCUT2D eigenvalue weighted by Crippen LogP contribution is -2.28. The molecular formula is C27H30F9N7. The number of benzene rings is 1. The third-order valence-corrected chi connectivity index (χ3v) is 7.25. The zero-order valence-electron chi connectivity index (χ0n) is 23.1. The maximum atomic E-state index is 13.6. The third-order valence-electron chi connectivity index (χ3n) is 7.25. The van der Waals surface area contributed by atoms with Crippen LogP contribution >= 0.6 is 0 Å². The molecule has 4 rings (SSSR count). The van der Waals surface area contributed by atoms with Gasteiger partial charge in [0.2, 0.25) is 0 Å². The molecule has 0 aliphatic heterocycles. The summed E-state index contributed by atoms with van der Waals surface area (Å²) in [6.45, 7) is 0.184. The fourth-order valence-electron chi connectivity index (χ4n) is 5.09. The Hall–Kier alpha value is -3.43. The average molecular weight is 624 g/mol. The van der Waals surface area contributed by atoms with Crippen LogP contribution in [0.25, 0.3) is 0 Å². The van der Waals surface area contributed by atoms with Gasteiger partial charge in [-0.3, -0.25) is 4.98 Å². The van der Waals surface area contributed by atoms with Crippen LogP contribution in [0.5, 0.6) is 0 Å². The van der Waals surface area contributed by atoms with Crippen LogP contribution in [0.1, 0.15) is 65.6 Å². The van der Waals surface area contributed by atoms with Crippen molar-refractivity contribution in [1.82, 2.24) is 30.5 Å². The molecule has 1 aromatic carbocycles. The number of tetrazole rings is 1. The number of nitrogens with one attached hydrogen (secondary N) is 1. The van der Waals surface area contributed by atoms with Gasteiger partial charge in [0.15, 0.2) is 0 Å². The lowest BCUT2D eigenvalue weighted by atomic mass is 9.89. The van der Waals surface area contributed by atoms with Gasteiger partial charge in [0.1, 0.15) is 0 Å². The van der Waals surface area contributed by atoms with Gasteiger partial charge in [-0.1, -0.05) is 24.4 Å². The van der Waals surface area contributed by atoms with Crippen molar-refractivity contribution in [3.63, 3.8) is 0 Å². The quantitative estimate of drug-likeness (QED) is 0.203. The number of aromatic nitrogens is 5. The summed E-state index contributed by atoms with van der Waals surface area (Å²) in [7, 11) is 1.38. The first-order valence-electron chi connectivity index (χ1n) is 13.6. The number of pyridine rings is 1. The number of nitrogens with zero attached hydrogens (tertiary/aromatic N) is 6. The second-order valence-electron chi connectivity index (χ2n) is 10.6. The summed E-state index contributed by atoms with van der Waals surface area (Å²) in [6, 6.07) is 1.99. The van der Waals surface area contributed by atoms with Crippen molar-refractivity contribution in [3.8, 4) is 0 Å². The van der Waals surface area contributed by atoms with Gasteiger partial charge in [0, 0.05) is 37.9 Å². The standard InChI is InChI=1S/C27H30F9N7/c1-42-40-24(39-41-42)43(15-18-9-20(25(28,29)30)12-21(10-18)26(31,32)33)16-19-11-22(27(34,35)36)14-38-23(19)7-8-37-13-17-5-3-2-4-6-17/h9-12,14,17,37H,2-8,13,15-16H2,1H3. The van der Waals surface area contributed by atoms with Crippen molar-refractivity contribution < 1.29 is 39.5 Å². The van der Waals surface area contributed by atoms with Crippen molar-refractivity contribution in [2.75, 3.05) is 18.0 Å². The SMILES string of the molecule is Cn1nnc(N(Cc2cc(C(F)(F)F)cc(C(F)(F)F)c2)Cc2cc(C(F)(F)F)cnc2CCNCC2CCCCC2)n1. The van der Waals surface area contributed by atoms with Crippen LogP contribution in [0.2, 0.25) is 0 Å². The highest BCUT2D eigenvalue weighted by atomic mass is 19.4. The van der Waals surface area contributed by atoms with Gasteiger partial charge in [0.05, 0.1) is 23.7 Å². The highest BCUT2D eigenvalue weighted by molar-refractivity contribution is 5.39. The van der Waals surface area contributed by atoms with E-state index >= 15 is 0 Å². The van der Waals surface area contributed by atoms with Gasteiger partial charge in [-0.05, 0) is 65.9 Å². The normalized spacial score (nSPS) is 15.2. The molecule has 0 bridgehead atoms. The van der Waals surface area contributed by atoms with Gasteiger partial charge >= 0.3 is 18.5 Å². The average Bonchev–Trinajstić information content (AvgIpc) is 3.36. The predicted octanol–water partition coefficient (Wildman–Crippen LogP) is 6.58. The Kier molecular flexibility index (Phi) is 9.86. The molecule has 1 N–H and O–H groups in total. The molecule has 7 nitrogen and oxygen atoms in total. The van der Waals surface area contributed by atoms with Gasteiger partial charge in [0.25, 0.3) is 5.95 Å². The maximum absolute atomic E-state index is 13.6. The number of hydrogen-bond donors (Lipinski definition) is 1. The maximum Gasteiger partial charge on any atom is 0.417 e. The summed E-state index contributed by atoms with van der Waals surface area (Å²) < 4.78 is 122. The minimum absolute atomic E-state index is 0.00353. The summed E-state index contributed by atoms with van der Waals surface area (Å²) >= 11 is 0. The van der Waals surface area contributed by atoms with Crippen LogP contribution in [0, 0.1) is 5.92 Å². The van der Waals surface area contributed by atoms with Gasteiger partial charge < -0.3 is 10.2 Å². The predicted molar refractivity (Wildman–Crippen MR) is 138 cm³/mol. The molecule has 1 aliphatic carbocycles. The Morgan fingerprint density at radius 3 is 2.02 bits per heavy atom. The van der Waals surface area contributed by atoms with E-state index in [2.05, 4.69) is 25.7 Å². The number of alkyl halides is 9. The molecule has 0 radical (unpaired) electrons. The highest BCUT2D eigenvalue weighted by Crippen LogP contribution is 2.37. The molecule has 0 unspecified atom stereocenters. The Bertz CT molecular complexity index is 1330. The number of aryl methyl sites for hydroxylation is 1. The molecule has 1 saturated carbocycles. The van der Waals surface area contributed by atoms with Crippen molar-refractivity contribution in [2.45, 2.75) is 70.1 Å². The molecule has 236 valence electrons. The zero-order chi connectivity index (χ0) is 31.4. The second kappa shape index (κ2) is 13.1. The molecule has 3 aromatic rings. The molecule has 16 heteroatoms. The molecule has 0 atom stereocenters. The van der Waals surface area contributed by atoms with E-state index in [1.165, 1.54) is 18.4 Å². The van der Waals surface area contributed by atoms with E-state index in [1.807, 2.05) is 0 Å². The molecule has 0 spiro atoms. The first kappa shape index (κ1) is 32.5. The minimum atomic E-state index is -5.08. The van der Waals surface area contributed by atoms with Crippen LogP contribution in [-0.4, -0.2) is 38.3 Å². The fraction of sp³-hybridized carbons (Fsp3) is 0.556. The second-order valence-corrected chi connectivity index (χ2v) is 10.6. The van der Waals surface area contributed by atoms with Crippen LogP contribution < -0.4 is 10.2 Å². The van der Waals surface area contributed by atoms with E-state index in [4.69, 9.17) is 0 Å². The Labute approximate surface area is 241 Å². The lowest BCUT2D eigenvalue weighted by Gasteiger charge is -2.24. The van der Waals surface area contributed by atoms with Gasteiger partial charge in [-0.2, -0.15) is 44.3 Å². The summed E-state index contributed by atoms with van der Waals surface area (Å²) in [5, 5.41) is 14.8. The molecular weight excluding hydrogens is 593 g/mol. The Morgan fingerprint density at radius 2 is 1.47 bits per heavy atom. The van der Waals surface area contributed by atoms with E-state index < -0.39 is 53.9 Å². The molecule has 0 amide bonds. The van der Waals surface area contributed by atoms with Crippen LogP contribution in [0.15, 0.2) is 30.5 Å². The largest absolute Gasteiger partial charge is 0.417 e. The summed E-state index contributed by atoms with van der Waals surface area (Å²) in [4.78, 5) is 6.21. The minimum Gasteiger partial charge on any atom is -0.329 e. The number of rotatable bonds is 10. The molecule has 43 heavy (non-hydrogen) atoms.